The summed E-state index contributed by atoms with van der Waals surface area (Å²) in [5, 5.41) is 1.30. The van der Waals surface area contributed by atoms with E-state index in [9.17, 15) is 38.4 Å². The van der Waals surface area contributed by atoms with Crippen LogP contribution < -0.4 is 19.1 Å². The Balaban J connectivity index is 0.000000159. The minimum atomic E-state index is -0.641. The second-order valence-electron chi connectivity index (χ2n) is 28.0. The number of amides is 8. The third kappa shape index (κ3) is 23.5. The lowest BCUT2D eigenvalue weighted by Crippen LogP contribution is -2.36. The van der Waals surface area contributed by atoms with E-state index in [1.807, 2.05) is 160 Å². The largest absolute Gasteiger partial charge is 0.497 e. The maximum atomic E-state index is 12.7. The molecule has 14 rings (SSSR count). The van der Waals surface area contributed by atoms with Gasteiger partial charge in [0, 0.05) is 94.5 Å². The Morgan fingerprint density at radius 3 is 1.54 bits per heavy atom. The third-order valence-corrected chi connectivity index (χ3v) is 20.3. The fourth-order valence-electron chi connectivity index (χ4n) is 12.8. The highest BCUT2D eigenvalue weighted by atomic mass is 32.1. The van der Waals surface area contributed by atoms with Crippen LogP contribution in [0.15, 0.2) is 209 Å². The molecule has 6 aromatic carbocycles. The molecule has 6 aliphatic rings. The van der Waals surface area contributed by atoms with Gasteiger partial charge in [-0.1, -0.05) is 125 Å². The van der Waals surface area contributed by atoms with Gasteiger partial charge < -0.3 is 52.1 Å². The molecule has 8 heterocycles. The SMILES string of the molecule is CCCCCCCN1C(=O)/C(=C\c2ccc(N(C)C)cc2)OC1=S.CCCC[n+]1ccccc1/C=C1/OC(=S)N(CCOC)C1=O.CCN1C(=O)O/C(=C/c2ccc3oc(C)c(C)c3c2)C1=O.COc1ccc(/C=C2/OC(=S)N(C(C)=O)C2=O)cc1.O=C1O/C(=C/c2ccc(N(c3ccccc3)c3ccccc3)cc2)C(=O)N1CC1CCCO1. The number of imide groups is 3. The third-order valence-electron chi connectivity index (χ3n) is 19.4. The Labute approximate surface area is 708 Å². The van der Waals surface area contributed by atoms with Gasteiger partial charge in [-0.05, 0) is 208 Å². The zero-order valence-electron chi connectivity index (χ0n) is 68.3. The van der Waals surface area contributed by atoms with Crippen molar-refractivity contribution in [1.82, 2.24) is 24.5 Å². The number of carbonyl (C=O) groups is 8. The van der Waals surface area contributed by atoms with E-state index in [2.05, 4.69) is 47.6 Å². The summed E-state index contributed by atoms with van der Waals surface area (Å²) in [5.74, 6) is 0.0953. The van der Waals surface area contributed by atoms with Crippen LogP contribution in [0.1, 0.15) is 125 Å². The van der Waals surface area contributed by atoms with E-state index in [0.29, 0.717) is 44.4 Å². The molecule has 8 amide bonds. The van der Waals surface area contributed by atoms with Crippen molar-refractivity contribution in [3.63, 3.8) is 0 Å². The van der Waals surface area contributed by atoms with Crippen LogP contribution in [0.4, 0.5) is 32.3 Å². The van der Waals surface area contributed by atoms with E-state index in [1.165, 1.54) is 37.2 Å². The van der Waals surface area contributed by atoms with Crippen molar-refractivity contribution in [2.24, 2.45) is 0 Å². The summed E-state index contributed by atoms with van der Waals surface area (Å²) in [6, 6.07) is 54.5. The normalized spacial score (nSPS) is 17.3. The molecule has 620 valence electrons. The number of aromatic nitrogens is 1. The molecule has 1 atom stereocenters. The monoisotopic (exact) mass is 1670 g/mol. The van der Waals surface area contributed by atoms with Gasteiger partial charge >= 0.3 is 18.1 Å². The number of anilines is 4. The van der Waals surface area contributed by atoms with E-state index in [0.717, 1.165) is 133 Å². The lowest BCUT2D eigenvalue weighted by Gasteiger charge is -2.25. The van der Waals surface area contributed by atoms with Gasteiger partial charge in [-0.2, -0.15) is 4.57 Å². The topological polar surface area (TPSA) is 250 Å². The highest BCUT2D eigenvalue weighted by molar-refractivity contribution is 7.80. The number of pyridine rings is 1. The molecule has 119 heavy (non-hydrogen) atoms. The zero-order valence-corrected chi connectivity index (χ0v) is 70.7. The molecule has 0 bridgehead atoms. The van der Waals surface area contributed by atoms with E-state index in [1.54, 1.807) is 74.6 Å². The summed E-state index contributed by atoms with van der Waals surface area (Å²) in [6.45, 7) is 14.8. The number of rotatable bonds is 25. The molecule has 2 aromatic heterocycles. The summed E-state index contributed by atoms with van der Waals surface area (Å²) in [6.07, 6.45) is 18.6. The molecular formula is C91H97N8O17S3+. The van der Waals surface area contributed by atoms with Crippen molar-refractivity contribution >= 4 is 164 Å². The molecule has 8 aromatic rings. The first-order valence-electron chi connectivity index (χ1n) is 39.2. The quantitative estimate of drug-likeness (QED) is 0.0223. The standard InChI is InChI=1S/C27H24N2O4.C19H26N2O2S.C16H21N2O3S.C16H15NO4.C13H11NO4S/c30-26-25(33-27(31)28(26)19-24-12-7-17-32-24)18-20-13-15-23(16-14-20)29(21-8-3-1-4-9-21)22-10-5-2-6-11-22;1-4-5-6-7-8-13-21-18(22)17(23-19(21)24)14-15-9-11-16(12-10-15)20(2)3;1-3-4-8-17-9-6-5-7-13(17)12-14-15(19)18(10-11-20-2)16(22)21-14;1-4-17-15(18)14(21-16(17)19)8-11-5-6-13-12(7-11)9(2)10(3)20-13;1-8(15)14-12(16)11(18-13(14)19)7-9-3-5-10(17-2)6-4-9/h1-6,8-11,13-16,18,24H,7,12,17,19H2;9-12,14H,4-8,13H2,1-3H3;5-7,9,12H,3-4,8,10-11H2,1-2H3;5-8H,4H2,1-3H3;3-7H,1-2H3/q;;+1;;/b25-18+;17-14+;14-12+;14-8+;11-7+. The van der Waals surface area contributed by atoms with Gasteiger partial charge in [0.2, 0.25) is 17.4 Å². The molecule has 1 unspecified atom stereocenters. The number of furan rings is 1. The van der Waals surface area contributed by atoms with Gasteiger partial charge in [0.1, 0.15) is 23.6 Å². The number of methoxy groups -OCH3 is 2. The highest BCUT2D eigenvalue weighted by Gasteiger charge is 2.41. The number of nitrogens with zero attached hydrogens (tertiary/aromatic N) is 8. The maximum Gasteiger partial charge on any atom is 0.422 e. The number of thiocarbonyl (C=S) groups is 3. The number of benzene rings is 6. The van der Waals surface area contributed by atoms with Crippen molar-refractivity contribution in [2.75, 3.05) is 77.5 Å². The first-order chi connectivity index (χ1) is 57.4. The molecule has 0 spiro atoms. The summed E-state index contributed by atoms with van der Waals surface area (Å²) >= 11 is 15.1. The fourth-order valence-corrected chi connectivity index (χ4v) is 13.7. The summed E-state index contributed by atoms with van der Waals surface area (Å²) < 4.78 is 49.6. The molecule has 28 heteroatoms. The van der Waals surface area contributed by atoms with Crippen molar-refractivity contribution in [2.45, 2.75) is 112 Å². The average Bonchev–Trinajstić information content (AvgIpc) is 1.58. The Bertz CT molecular complexity index is 5140. The summed E-state index contributed by atoms with van der Waals surface area (Å²) in [4.78, 5) is 107. The predicted octanol–water partition coefficient (Wildman–Crippen LogP) is 16.9. The fraction of sp³-hybridized carbons (Fsp3) is 0.297. The molecular weight excluding hydrogens is 1570 g/mol. The molecule has 0 radical (unpaired) electrons. The summed E-state index contributed by atoms with van der Waals surface area (Å²) in [7, 11) is 7.14. The lowest BCUT2D eigenvalue weighted by atomic mass is 10.1. The number of aryl methyl sites for hydroxylation is 3. The van der Waals surface area contributed by atoms with Gasteiger partial charge in [-0.15, -0.1) is 0 Å². The van der Waals surface area contributed by atoms with Gasteiger partial charge in [-0.3, -0.25) is 38.6 Å². The van der Waals surface area contributed by atoms with Crippen LogP contribution in [0, 0.1) is 13.8 Å². The van der Waals surface area contributed by atoms with Crippen LogP contribution in [-0.4, -0.2) is 161 Å². The maximum absolute atomic E-state index is 12.7. The van der Waals surface area contributed by atoms with Crippen molar-refractivity contribution in [1.29, 1.82) is 0 Å². The van der Waals surface area contributed by atoms with Crippen LogP contribution in [0.5, 0.6) is 5.75 Å². The number of likely N-dealkylation sites (N-methyl/N-ethyl adjacent to an activating group) is 1. The smallest absolute Gasteiger partial charge is 0.422 e. The number of carbonyl (C=O) groups excluding carboxylic acids is 8. The molecule has 6 fully saturated rings. The molecule has 0 saturated carbocycles. The Morgan fingerprint density at radius 1 is 0.521 bits per heavy atom. The minimum absolute atomic E-state index is 0.0327. The number of hydrogen-bond donors (Lipinski definition) is 0. The van der Waals surface area contributed by atoms with Gasteiger partial charge in [0.15, 0.2) is 29.2 Å². The van der Waals surface area contributed by atoms with E-state index in [4.69, 9.17) is 79.0 Å². The second-order valence-corrected chi connectivity index (χ2v) is 29.1. The van der Waals surface area contributed by atoms with Crippen molar-refractivity contribution < 1.29 is 85.2 Å². The summed E-state index contributed by atoms with van der Waals surface area (Å²) in [5.41, 5.74) is 10.2. The first-order valence-corrected chi connectivity index (χ1v) is 40.5. The van der Waals surface area contributed by atoms with Crippen LogP contribution in [0.2, 0.25) is 0 Å². The van der Waals surface area contributed by atoms with Crippen LogP contribution in [0.25, 0.3) is 41.3 Å². The average molecular weight is 1670 g/mol. The van der Waals surface area contributed by atoms with Crippen molar-refractivity contribution in [3.05, 3.63) is 244 Å². The molecule has 6 saturated heterocycles. The van der Waals surface area contributed by atoms with Crippen LogP contribution in [-0.2, 0) is 68.5 Å². The Kier molecular flexibility index (Phi) is 32.3. The van der Waals surface area contributed by atoms with Crippen LogP contribution >= 0.6 is 36.7 Å². The molecule has 25 nitrogen and oxygen atoms in total. The predicted molar refractivity (Wildman–Crippen MR) is 466 cm³/mol. The van der Waals surface area contributed by atoms with Crippen LogP contribution in [0.3, 0.4) is 0 Å². The zero-order chi connectivity index (χ0) is 85.2. The first kappa shape index (κ1) is 89.0. The van der Waals surface area contributed by atoms with Gasteiger partial charge in [-0.25, -0.2) is 24.3 Å². The second kappa shape index (κ2) is 43.2. The molecule has 0 aliphatic carbocycles. The number of ether oxygens (including phenoxy) is 8. The number of para-hydroxylation sites is 2. The number of hydrogen-bond acceptors (Lipinski definition) is 22. The Hall–Kier alpha value is -12.3. The van der Waals surface area contributed by atoms with E-state index < -0.39 is 35.8 Å². The molecule has 6 aliphatic heterocycles. The van der Waals surface area contributed by atoms with Crippen molar-refractivity contribution in [3.8, 4) is 5.75 Å². The van der Waals surface area contributed by atoms with E-state index in [-0.39, 0.29) is 63.0 Å². The van der Waals surface area contributed by atoms with E-state index >= 15 is 0 Å². The lowest BCUT2D eigenvalue weighted by molar-refractivity contribution is -0.699. The highest BCUT2D eigenvalue weighted by Crippen LogP contribution is 2.36. The Morgan fingerprint density at radius 2 is 1.01 bits per heavy atom. The number of fused-ring (bicyclic) bond motifs is 1. The minimum Gasteiger partial charge on any atom is -0.497 e. The molecule has 0 N–H and O–H groups in total. The van der Waals surface area contributed by atoms with Gasteiger partial charge in [0.25, 0.3) is 39.2 Å². The number of unbranched alkanes of at least 4 members (excludes halogenated alkanes) is 5. The number of cyclic esters (lactones) is 2. The van der Waals surface area contributed by atoms with Gasteiger partial charge in [0.05, 0.1) is 39.0 Å².